The molecule has 0 atom stereocenters. The molecule has 2 aromatic rings. The van der Waals surface area contributed by atoms with Gasteiger partial charge in [-0.05, 0) is 49.2 Å². The fourth-order valence-corrected chi connectivity index (χ4v) is 3.68. The van der Waals surface area contributed by atoms with Crippen LogP contribution in [0.1, 0.15) is 21.5 Å². The van der Waals surface area contributed by atoms with E-state index in [1.807, 2.05) is 0 Å². The summed E-state index contributed by atoms with van der Waals surface area (Å²) in [6, 6.07) is 5.63. The number of benzene rings is 2. The van der Waals surface area contributed by atoms with Gasteiger partial charge < -0.3 is 10.6 Å². The molecule has 10 heteroatoms. The molecule has 0 spiro atoms. The van der Waals surface area contributed by atoms with Gasteiger partial charge in [0.05, 0.1) is 11.4 Å². The van der Waals surface area contributed by atoms with Crippen LogP contribution < -0.4 is 10.6 Å². The zero-order valence-corrected chi connectivity index (χ0v) is 17.2. The minimum absolute atomic E-state index is 0.00103. The highest BCUT2D eigenvalue weighted by molar-refractivity contribution is 7.89. The molecule has 29 heavy (non-hydrogen) atoms. The van der Waals surface area contributed by atoms with E-state index in [1.165, 1.54) is 32.3 Å². The fraction of sp³-hybridized carbons (Fsp3) is 0.263. The molecule has 0 heterocycles. The van der Waals surface area contributed by atoms with Crippen LogP contribution in [0.3, 0.4) is 0 Å². The van der Waals surface area contributed by atoms with Gasteiger partial charge in [-0.1, -0.05) is 0 Å². The van der Waals surface area contributed by atoms with Crippen molar-refractivity contribution in [1.82, 2.24) is 9.62 Å². The third-order valence-corrected chi connectivity index (χ3v) is 6.19. The normalized spacial score (nSPS) is 11.4. The van der Waals surface area contributed by atoms with Gasteiger partial charge in [0.15, 0.2) is 11.6 Å². The Balaban J connectivity index is 2.13. The molecule has 7 nitrogen and oxygen atoms in total. The van der Waals surface area contributed by atoms with Crippen LogP contribution in [-0.2, 0) is 14.8 Å². The average Bonchev–Trinajstić information content (AvgIpc) is 2.64. The number of rotatable bonds is 6. The molecule has 2 N–H and O–H groups in total. The zero-order valence-electron chi connectivity index (χ0n) is 16.3. The van der Waals surface area contributed by atoms with Crippen molar-refractivity contribution in [3.05, 3.63) is 58.7 Å². The first-order valence-corrected chi connectivity index (χ1v) is 9.94. The highest BCUT2D eigenvalue weighted by atomic mass is 32.2. The fourth-order valence-electron chi connectivity index (χ4n) is 2.46. The van der Waals surface area contributed by atoms with Crippen molar-refractivity contribution >= 4 is 27.5 Å². The molecular weight excluding hydrogens is 404 g/mol. The first kappa shape index (κ1) is 22.4. The van der Waals surface area contributed by atoms with Crippen molar-refractivity contribution in [3.8, 4) is 0 Å². The van der Waals surface area contributed by atoms with Crippen molar-refractivity contribution in [1.29, 1.82) is 0 Å². The number of amides is 2. The summed E-state index contributed by atoms with van der Waals surface area (Å²) in [5.74, 6) is -3.47. The van der Waals surface area contributed by atoms with E-state index in [4.69, 9.17) is 0 Å². The van der Waals surface area contributed by atoms with E-state index in [9.17, 15) is 26.8 Å². The number of carbonyl (C=O) groups is 2. The monoisotopic (exact) mass is 425 g/mol. The Morgan fingerprint density at radius 1 is 1.03 bits per heavy atom. The maximum Gasteiger partial charge on any atom is 0.251 e. The van der Waals surface area contributed by atoms with E-state index in [-0.39, 0.29) is 16.1 Å². The van der Waals surface area contributed by atoms with Crippen molar-refractivity contribution in [2.45, 2.75) is 18.7 Å². The summed E-state index contributed by atoms with van der Waals surface area (Å²) in [5, 5.41) is 4.70. The molecule has 0 aliphatic rings. The lowest BCUT2D eigenvalue weighted by molar-refractivity contribution is -0.115. The molecular formula is C19H21F2N3O4S. The largest absolute Gasteiger partial charge is 0.343 e. The van der Waals surface area contributed by atoms with E-state index >= 15 is 0 Å². The Labute approximate surface area is 167 Å². The van der Waals surface area contributed by atoms with Crippen molar-refractivity contribution in [2.75, 3.05) is 26.0 Å². The van der Waals surface area contributed by atoms with Gasteiger partial charge in [-0.15, -0.1) is 0 Å². The molecule has 156 valence electrons. The molecule has 0 unspecified atom stereocenters. The minimum atomic E-state index is -3.76. The highest BCUT2D eigenvalue weighted by Crippen LogP contribution is 2.23. The molecule has 2 aromatic carbocycles. The Hall–Kier alpha value is -2.85. The van der Waals surface area contributed by atoms with Crippen molar-refractivity contribution in [2.24, 2.45) is 0 Å². The number of sulfonamides is 1. The van der Waals surface area contributed by atoms with Crippen molar-refractivity contribution < 1.29 is 26.8 Å². The van der Waals surface area contributed by atoms with Crippen molar-refractivity contribution in [3.63, 3.8) is 0 Å². The maximum atomic E-state index is 13.2. The molecule has 0 aliphatic heterocycles. The number of halogens is 2. The molecule has 0 bridgehead atoms. The Morgan fingerprint density at radius 3 is 2.28 bits per heavy atom. The Morgan fingerprint density at radius 2 is 1.69 bits per heavy atom. The molecule has 0 aromatic heterocycles. The predicted octanol–water partition coefficient (Wildman–Crippen LogP) is 2.20. The van der Waals surface area contributed by atoms with Gasteiger partial charge >= 0.3 is 0 Å². The van der Waals surface area contributed by atoms with Crippen LogP contribution in [0.4, 0.5) is 14.5 Å². The number of nitrogens with zero attached hydrogens (tertiary/aromatic N) is 1. The molecule has 0 fully saturated rings. The van der Waals surface area contributed by atoms with Gasteiger partial charge in [-0.3, -0.25) is 9.59 Å². The second-order valence-corrected chi connectivity index (χ2v) is 8.68. The number of nitrogens with one attached hydrogen (secondary N) is 2. The lowest BCUT2D eigenvalue weighted by Crippen LogP contribution is -2.33. The first-order valence-electron chi connectivity index (χ1n) is 8.50. The Kier molecular flexibility index (Phi) is 6.70. The van der Waals surface area contributed by atoms with E-state index in [2.05, 4.69) is 10.6 Å². The number of hydrogen-bond acceptors (Lipinski definition) is 4. The number of carbonyl (C=O) groups excluding carboxylic acids is 2. The van der Waals surface area contributed by atoms with Crippen LogP contribution in [-0.4, -0.2) is 45.2 Å². The summed E-state index contributed by atoms with van der Waals surface area (Å²) >= 11 is 0. The van der Waals surface area contributed by atoms with Crippen LogP contribution in [0.5, 0.6) is 0 Å². The van der Waals surface area contributed by atoms with E-state index in [1.54, 1.807) is 13.8 Å². The molecule has 0 radical (unpaired) electrons. The Bertz CT molecular complexity index is 1070. The number of anilines is 1. The summed E-state index contributed by atoms with van der Waals surface area (Å²) in [6.07, 6.45) is 0. The van der Waals surface area contributed by atoms with E-state index in [0.29, 0.717) is 11.1 Å². The molecule has 2 rings (SSSR count). The summed E-state index contributed by atoms with van der Waals surface area (Å²) in [7, 11) is -0.981. The molecule has 0 aliphatic carbocycles. The van der Waals surface area contributed by atoms with Gasteiger partial charge in [0.2, 0.25) is 15.9 Å². The minimum Gasteiger partial charge on any atom is -0.343 e. The lowest BCUT2D eigenvalue weighted by Gasteiger charge is -2.16. The topological polar surface area (TPSA) is 95.6 Å². The van der Waals surface area contributed by atoms with Crippen LogP contribution in [0.2, 0.25) is 0 Å². The second-order valence-electron chi connectivity index (χ2n) is 6.56. The predicted molar refractivity (Wildman–Crippen MR) is 104 cm³/mol. The smallest absolute Gasteiger partial charge is 0.251 e. The van der Waals surface area contributed by atoms with E-state index < -0.39 is 40.0 Å². The average molecular weight is 425 g/mol. The van der Waals surface area contributed by atoms with Gasteiger partial charge in [0.25, 0.3) is 5.91 Å². The van der Waals surface area contributed by atoms with Gasteiger partial charge in [-0.2, -0.15) is 0 Å². The van der Waals surface area contributed by atoms with Crippen LogP contribution >= 0.6 is 0 Å². The SMILES string of the molecule is Cc1cc(C(=O)NCC(=O)Nc2ccc(F)c(F)c2)cc(S(=O)(=O)N(C)C)c1C. The third-order valence-electron chi connectivity index (χ3n) is 4.25. The second kappa shape index (κ2) is 8.66. The maximum absolute atomic E-state index is 13.2. The van der Waals surface area contributed by atoms with Crippen LogP contribution in [0, 0.1) is 25.5 Å². The van der Waals surface area contributed by atoms with Gasteiger partial charge in [-0.25, -0.2) is 21.5 Å². The third kappa shape index (κ3) is 5.15. The van der Waals surface area contributed by atoms with E-state index in [0.717, 1.165) is 16.4 Å². The standard InChI is InChI=1S/C19H21F2N3O4S/c1-11-7-13(8-17(12(11)2)29(27,28)24(3)4)19(26)22-10-18(25)23-14-5-6-15(20)16(21)9-14/h5-9H,10H2,1-4H3,(H,22,26)(H,23,25). The summed E-state index contributed by atoms with van der Waals surface area (Å²) in [5.41, 5.74) is 1.23. The number of hydrogen-bond donors (Lipinski definition) is 2. The van der Waals surface area contributed by atoms with Gasteiger partial charge in [0, 0.05) is 31.4 Å². The summed E-state index contributed by atoms with van der Waals surface area (Å²) < 4.78 is 52.1. The molecule has 2 amide bonds. The summed E-state index contributed by atoms with van der Waals surface area (Å²) in [6.45, 7) is 2.87. The van der Waals surface area contributed by atoms with Crippen LogP contribution in [0.15, 0.2) is 35.2 Å². The van der Waals surface area contributed by atoms with Crippen LogP contribution in [0.25, 0.3) is 0 Å². The zero-order chi connectivity index (χ0) is 21.9. The van der Waals surface area contributed by atoms with Gasteiger partial charge in [0.1, 0.15) is 0 Å². The summed E-state index contributed by atoms with van der Waals surface area (Å²) in [4.78, 5) is 24.3. The highest BCUT2D eigenvalue weighted by Gasteiger charge is 2.23. The molecule has 0 saturated heterocycles. The lowest BCUT2D eigenvalue weighted by atomic mass is 10.1. The number of aryl methyl sites for hydroxylation is 1. The quantitative estimate of drug-likeness (QED) is 0.742. The molecule has 0 saturated carbocycles. The first-order chi connectivity index (χ1) is 13.4.